The minimum atomic E-state index is -3.86. The van der Waals surface area contributed by atoms with E-state index in [0.717, 1.165) is 16.1 Å². The maximum atomic E-state index is 14.0. The van der Waals surface area contributed by atoms with Crippen LogP contribution in [-0.4, -0.2) is 49.5 Å². The average Bonchev–Trinajstić information content (AvgIpc) is 2.84. The van der Waals surface area contributed by atoms with Crippen molar-refractivity contribution in [1.82, 2.24) is 10.2 Å². The zero-order valence-corrected chi connectivity index (χ0v) is 24.8. The standard InChI is InChI=1S/C29H33BrFN3O4S/c1-29(2,3)32-28(36)26(17-21-9-6-5-7-10-21)33(19-22-13-15-24(31)16-14-22)27(35)20-34(39(4,37)38)25-12-8-11-23(30)18-25/h5-16,18,26H,17,19-20H2,1-4H3,(H,32,36)/t26-/m0/s1. The average molecular weight is 619 g/mol. The number of hydrogen-bond donors (Lipinski definition) is 1. The number of amides is 2. The summed E-state index contributed by atoms with van der Waals surface area (Å²) >= 11 is 3.35. The lowest BCUT2D eigenvalue weighted by Gasteiger charge is -2.35. The molecule has 0 radical (unpaired) electrons. The molecule has 208 valence electrons. The monoisotopic (exact) mass is 617 g/mol. The van der Waals surface area contributed by atoms with Crippen LogP contribution in [0, 0.1) is 5.82 Å². The van der Waals surface area contributed by atoms with Crippen molar-refractivity contribution in [1.29, 1.82) is 0 Å². The van der Waals surface area contributed by atoms with Crippen LogP contribution in [0.5, 0.6) is 0 Å². The zero-order chi connectivity index (χ0) is 28.8. The molecule has 0 aliphatic heterocycles. The van der Waals surface area contributed by atoms with Gasteiger partial charge in [0.25, 0.3) is 0 Å². The number of sulfonamides is 1. The number of hydrogen-bond acceptors (Lipinski definition) is 4. The summed E-state index contributed by atoms with van der Waals surface area (Å²) in [4.78, 5) is 29.0. The summed E-state index contributed by atoms with van der Waals surface area (Å²) in [7, 11) is -3.86. The maximum absolute atomic E-state index is 14.0. The van der Waals surface area contributed by atoms with Crippen LogP contribution >= 0.6 is 15.9 Å². The van der Waals surface area contributed by atoms with Crippen molar-refractivity contribution in [2.24, 2.45) is 0 Å². The van der Waals surface area contributed by atoms with E-state index in [1.54, 1.807) is 36.4 Å². The fourth-order valence-electron chi connectivity index (χ4n) is 4.04. The number of benzene rings is 3. The van der Waals surface area contributed by atoms with E-state index in [1.165, 1.54) is 17.0 Å². The molecule has 1 N–H and O–H groups in total. The first-order valence-electron chi connectivity index (χ1n) is 12.4. The molecule has 0 spiro atoms. The molecule has 39 heavy (non-hydrogen) atoms. The Bertz CT molecular complexity index is 1390. The Morgan fingerprint density at radius 3 is 2.15 bits per heavy atom. The highest BCUT2D eigenvalue weighted by Crippen LogP contribution is 2.23. The molecule has 0 aromatic heterocycles. The number of carbonyl (C=O) groups excluding carboxylic acids is 2. The first kappa shape index (κ1) is 30.3. The van der Waals surface area contributed by atoms with Gasteiger partial charge in [0, 0.05) is 23.0 Å². The van der Waals surface area contributed by atoms with Crippen LogP contribution in [0.4, 0.5) is 10.1 Å². The van der Waals surface area contributed by atoms with Crippen LogP contribution in [0.15, 0.2) is 83.3 Å². The molecule has 2 amide bonds. The van der Waals surface area contributed by atoms with Crippen LogP contribution in [-0.2, 0) is 32.6 Å². The predicted octanol–water partition coefficient (Wildman–Crippen LogP) is 4.91. The highest BCUT2D eigenvalue weighted by molar-refractivity contribution is 9.10. The van der Waals surface area contributed by atoms with Crippen LogP contribution in [0.1, 0.15) is 31.9 Å². The van der Waals surface area contributed by atoms with Crippen molar-refractivity contribution in [3.63, 3.8) is 0 Å². The Hall–Kier alpha value is -3.24. The van der Waals surface area contributed by atoms with Gasteiger partial charge in [-0.05, 0) is 62.2 Å². The Kier molecular flexibility index (Phi) is 9.90. The van der Waals surface area contributed by atoms with E-state index in [0.29, 0.717) is 15.7 Å². The molecule has 0 aliphatic carbocycles. The number of halogens is 2. The zero-order valence-electron chi connectivity index (χ0n) is 22.4. The van der Waals surface area contributed by atoms with E-state index in [1.807, 2.05) is 51.1 Å². The van der Waals surface area contributed by atoms with E-state index >= 15 is 0 Å². The number of carbonyl (C=O) groups is 2. The van der Waals surface area contributed by atoms with Crippen molar-refractivity contribution in [2.75, 3.05) is 17.1 Å². The number of nitrogens with one attached hydrogen (secondary N) is 1. The van der Waals surface area contributed by atoms with Gasteiger partial charge in [-0.2, -0.15) is 0 Å². The second-order valence-electron chi connectivity index (χ2n) is 10.3. The van der Waals surface area contributed by atoms with Crippen molar-refractivity contribution in [2.45, 2.75) is 45.3 Å². The SMILES string of the molecule is CC(C)(C)NC(=O)[C@H](Cc1ccccc1)N(Cc1ccc(F)cc1)C(=O)CN(c1cccc(Br)c1)S(C)(=O)=O. The Morgan fingerprint density at radius 2 is 1.59 bits per heavy atom. The molecule has 0 bridgehead atoms. The minimum absolute atomic E-state index is 0.0235. The molecule has 0 saturated heterocycles. The van der Waals surface area contributed by atoms with Gasteiger partial charge >= 0.3 is 0 Å². The third-order valence-corrected chi connectivity index (χ3v) is 7.44. The third-order valence-electron chi connectivity index (χ3n) is 5.81. The minimum Gasteiger partial charge on any atom is -0.350 e. The second kappa shape index (κ2) is 12.7. The quantitative estimate of drug-likeness (QED) is 0.350. The van der Waals surface area contributed by atoms with Crippen LogP contribution < -0.4 is 9.62 Å². The van der Waals surface area contributed by atoms with Crippen molar-refractivity contribution in [3.05, 3.63) is 100 Å². The van der Waals surface area contributed by atoms with Crippen molar-refractivity contribution >= 4 is 43.5 Å². The van der Waals surface area contributed by atoms with Crippen LogP contribution in [0.25, 0.3) is 0 Å². The van der Waals surface area contributed by atoms with Gasteiger partial charge in [0.15, 0.2) is 0 Å². The molecular formula is C29H33BrFN3O4S. The molecule has 10 heteroatoms. The smallest absolute Gasteiger partial charge is 0.244 e. The van der Waals surface area contributed by atoms with Gasteiger partial charge < -0.3 is 10.2 Å². The summed E-state index contributed by atoms with van der Waals surface area (Å²) in [6.45, 7) is 4.98. The molecular weight excluding hydrogens is 585 g/mol. The van der Waals surface area contributed by atoms with Gasteiger partial charge in [0.2, 0.25) is 21.8 Å². The highest BCUT2D eigenvalue weighted by atomic mass is 79.9. The number of anilines is 1. The molecule has 0 fully saturated rings. The Labute approximate surface area is 238 Å². The fraction of sp³-hybridized carbons (Fsp3) is 0.310. The van der Waals surface area contributed by atoms with E-state index in [4.69, 9.17) is 0 Å². The van der Waals surface area contributed by atoms with Gasteiger partial charge in [0.1, 0.15) is 18.4 Å². The first-order valence-corrected chi connectivity index (χ1v) is 15.0. The van der Waals surface area contributed by atoms with Crippen molar-refractivity contribution < 1.29 is 22.4 Å². The molecule has 0 aliphatic rings. The Morgan fingerprint density at radius 1 is 0.949 bits per heavy atom. The number of rotatable bonds is 10. The van der Waals surface area contributed by atoms with E-state index in [-0.39, 0.29) is 18.9 Å². The van der Waals surface area contributed by atoms with Gasteiger partial charge in [0.05, 0.1) is 11.9 Å². The Balaban J connectivity index is 2.07. The van der Waals surface area contributed by atoms with Crippen LogP contribution in [0.2, 0.25) is 0 Å². The summed E-state index contributed by atoms with van der Waals surface area (Å²) in [5.41, 5.74) is 1.15. The molecule has 1 atom stereocenters. The van der Waals surface area contributed by atoms with E-state index in [9.17, 15) is 22.4 Å². The molecule has 3 aromatic rings. The lowest BCUT2D eigenvalue weighted by Crippen LogP contribution is -2.56. The van der Waals surface area contributed by atoms with Crippen molar-refractivity contribution in [3.8, 4) is 0 Å². The third kappa shape index (κ3) is 9.18. The first-order chi connectivity index (χ1) is 18.2. The van der Waals surface area contributed by atoms with E-state index < -0.39 is 39.9 Å². The molecule has 0 saturated carbocycles. The molecule has 7 nitrogen and oxygen atoms in total. The summed E-state index contributed by atoms with van der Waals surface area (Å²) in [5.74, 6) is -1.38. The van der Waals surface area contributed by atoms with Gasteiger partial charge in [-0.3, -0.25) is 13.9 Å². The summed E-state index contributed by atoms with van der Waals surface area (Å²) in [6.07, 6.45) is 1.23. The lowest BCUT2D eigenvalue weighted by molar-refractivity contribution is -0.140. The molecule has 0 heterocycles. The fourth-order valence-corrected chi connectivity index (χ4v) is 5.27. The van der Waals surface area contributed by atoms with Gasteiger partial charge in [-0.15, -0.1) is 0 Å². The second-order valence-corrected chi connectivity index (χ2v) is 13.2. The lowest BCUT2D eigenvalue weighted by atomic mass is 10.0. The summed E-state index contributed by atoms with van der Waals surface area (Å²) in [5, 5.41) is 2.96. The maximum Gasteiger partial charge on any atom is 0.244 e. The largest absolute Gasteiger partial charge is 0.350 e. The van der Waals surface area contributed by atoms with Gasteiger partial charge in [-0.25, -0.2) is 12.8 Å². The topological polar surface area (TPSA) is 86.8 Å². The number of nitrogens with zero attached hydrogens (tertiary/aromatic N) is 2. The molecule has 0 unspecified atom stereocenters. The highest BCUT2D eigenvalue weighted by Gasteiger charge is 2.34. The normalized spacial score (nSPS) is 12.5. The van der Waals surface area contributed by atoms with Crippen LogP contribution in [0.3, 0.4) is 0 Å². The molecule has 3 aromatic carbocycles. The van der Waals surface area contributed by atoms with Gasteiger partial charge in [-0.1, -0.05) is 64.5 Å². The summed E-state index contributed by atoms with van der Waals surface area (Å²) < 4.78 is 40.9. The molecule has 3 rings (SSSR count). The predicted molar refractivity (Wildman–Crippen MR) is 155 cm³/mol. The summed E-state index contributed by atoms with van der Waals surface area (Å²) in [6, 6.07) is 20.6. The van der Waals surface area contributed by atoms with E-state index in [2.05, 4.69) is 21.2 Å².